The normalized spacial score (nSPS) is 23.2. The number of ether oxygens (including phenoxy) is 1. The summed E-state index contributed by atoms with van der Waals surface area (Å²) in [5.41, 5.74) is 0. The number of aliphatic hydroxyl groups is 1. The van der Waals surface area contributed by atoms with Gasteiger partial charge in [-0.2, -0.15) is 0 Å². The largest absolute Gasteiger partial charge is 0.492 e. The average molecular weight is 365 g/mol. The van der Waals surface area contributed by atoms with E-state index in [2.05, 4.69) is 9.80 Å². The van der Waals surface area contributed by atoms with Crippen LogP contribution in [0, 0.1) is 11.7 Å². The lowest BCUT2D eigenvalue weighted by atomic mass is 9.88. The van der Waals surface area contributed by atoms with Crippen LogP contribution < -0.4 is 4.74 Å². The van der Waals surface area contributed by atoms with Crippen molar-refractivity contribution in [3.8, 4) is 5.75 Å². The minimum atomic E-state index is -0.238. The molecule has 1 atom stereocenters. The van der Waals surface area contributed by atoms with Crippen LogP contribution in [-0.4, -0.2) is 66.9 Å². The predicted molar refractivity (Wildman–Crippen MR) is 102 cm³/mol. The molecule has 4 nitrogen and oxygen atoms in total. The molecule has 1 N–H and O–H groups in total. The highest BCUT2D eigenvalue weighted by molar-refractivity contribution is 5.21. The maximum absolute atomic E-state index is 12.9. The van der Waals surface area contributed by atoms with E-state index in [-0.39, 0.29) is 12.4 Å². The van der Waals surface area contributed by atoms with Gasteiger partial charge in [0.25, 0.3) is 0 Å². The van der Waals surface area contributed by atoms with E-state index in [4.69, 9.17) is 4.74 Å². The Balaban J connectivity index is 1.43. The van der Waals surface area contributed by atoms with Gasteiger partial charge >= 0.3 is 0 Å². The molecule has 1 aromatic carbocycles. The first-order valence-electron chi connectivity index (χ1n) is 10.2. The topological polar surface area (TPSA) is 35.9 Å². The Bertz CT molecular complexity index is 519. The van der Waals surface area contributed by atoms with Crippen molar-refractivity contribution < 1.29 is 14.2 Å². The lowest BCUT2D eigenvalue weighted by Crippen LogP contribution is -2.55. The molecule has 146 valence electrons. The number of rotatable bonds is 8. The number of piperazine rings is 1. The Hall–Kier alpha value is -1.17. The van der Waals surface area contributed by atoms with Crippen molar-refractivity contribution in [1.82, 2.24) is 9.80 Å². The molecule has 1 aliphatic heterocycles. The SMILES string of the molecule is OCC[C@@H]1CN(CCOc2ccc(F)cc2)CCN1CC1CCCCC1. The molecule has 1 aliphatic carbocycles. The van der Waals surface area contributed by atoms with Crippen LogP contribution >= 0.6 is 0 Å². The smallest absolute Gasteiger partial charge is 0.123 e. The number of hydrogen-bond acceptors (Lipinski definition) is 4. The summed E-state index contributed by atoms with van der Waals surface area (Å²) in [6.07, 6.45) is 7.77. The number of hydrogen-bond donors (Lipinski definition) is 1. The fourth-order valence-corrected chi connectivity index (χ4v) is 4.35. The van der Waals surface area contributed by atoms with Gasteiger partial charge in [0.15, 0.2) is 0 Å². The molecule has 0 amide bonds. The molecule has 1 saturated carbocycles. The molecule has 1 aromatic rings. The third-order valence-electron chi connectivity index (χ3n) is 5.86. The molecular formula is C21H33FN2O2. The van der Waals surface area contributed by atoms with Gasteiger partial charge in [-0.3, -0.25) is 9.80 Å². The molecular weight excluding hydrogens is 331 g/mol. The monoisotopic (exact) mass is 364 g/mol. The van der Waals surface area contributed by atoms with Crippen LogP contribution in [0.25, 0.3) is 0 Å². The first-order chi connectivity index (χ1) is 12.7. The van der Waals surface area contributed by atoms with E-state index >= 15 is 0 Å². The van der Waals surface area contributed by atoms with Crippen LogP contribution in [0.1, 0.15) is 38.5 Å². The number of nitrogens with zero attached hydrogens (tertiary/aromatic N) is 2. The molecule has 1 saturated heterocycles. The van der Waals surface area contributed by atoms with Gasteiger partial charge in [-0.15, -0.1) is 0 Å². The van der Waals surface area contributed by atoms with Crippen molar-refractivity contribution in [3.63, 3.8) is 0 Å². The highest BCUT2D eigenvalue weighted by Gasteiger charge is 2.28. The van der Waals surface area contributed by atoms with Gasteiger partial charge in [-0.05, 0) is 49.4 Å². The number of halogens is 1. The third kappa shape index (κ3) is 5.93. The Labute approximate surface area is 156 Å². The van der Waals surface area contributed by atoms with Crippen molar-refractivity contribution in [3.05, 3.63) is 30.1 Å². The summed E-state index contributed by atoms with van der Waals surface area (Å²) in [6, 6.07) is 6.65. The van der Waals surface area contributed by atoms with Gasteiger partial charge in [-0.25, -0.2) is 4.39 Å². The summed E-state index contributed by atoms with van der Waals surface area (Å²) in [5.74, 6) is 1.32. The van der Waals surface area contributed by atoms with Gasteiger partial charge in [-0.1, -0.05) is 19.3 Å². The number of benzene rings is 1. The highest BCUT2D eigenvalue weighted by atomic mass is 19.1. The fourth-order valence-electron chi connectivity index (χ4n) is 4.35. The summed E-state index contributed by atoms with van der Waals surface area (Å²) in [5, 5.41) is 9.48. The summed E-state index contributed by atoms with van der Waals surface area (Å²) in [7, 11) is 0. The molecule has 2 aliphatic rings. The standard InChI is InChI=1S/C21H33FN2O2/c22-19-6-8-21(9-7-19)26-15-13-23-11-12-24(20(17-23)10-14-25)16-18-4-2-1-3-5-18/h6-9,18,20,25H,1-5,10-17H2/t20-/m1/s1. The van der Waals surface area contributed by atoms with Crippen LogP contribution in [0.3, 0.4) is 0 Å². The molecule has 0 bridgehead atoms. The maximum Gasteiger partial charge on any atom is 0.123 e. The first-order valence-corrected chi connectivity index (χ1v) is 10.2. The van der Waals surface area contributed by atoms with Crippen molar-refractivity contribution in [2.75, 3.05) is 45.9 Å². The Kier molecular flexibility index (Phi) is 7.71. The average Bonchev–Trinajstić information content (AvgIpc) is 2.66. The maximum atomic E-state index is 12.9. The number of aliphatic hydroxyl groups excluding tert-OH is 1. The molecule has 0 unspecified atom stereocenters. The second-order valence-corrected chi connectivity index (χ2v) is 7.77. The fraction of sp³-hybridized carbons (Fsp3) is 0.714. The first kappa shape index (κ1) is 19.6. The molecule has 3 rings (SSSR count). The Morgan fingerprint density at radius 1 is 1.08 bits per heavy atom. The lowest BCUT2D eigenvalue weighted by molar-refractivity contribution is 0.0380. The summed E-state index contributed by atoms with van der Waals surface area (Å²) in [6.45, 7) is 6.08. The van der Waals surface area contributed by atoms with E-state index in [1.54, 1.807) is 12.1 Å². The van der Waals surface area contributed by atoms with Crippen LogP contribution in [0.15, 0.2) is 24.3 Å². The quantitative estimate of drug-likeness (QED) is 0.769. The zero-order valence-corrected chi connectivity index (χ0v) is 15.8. The van der Waals surface area contributed by atoms with Crippen LogP contribution in [-0.2, 0) is 0 Å². The van der Waals surface area contributed by atoms with Crippen molar-refractivity contribution in [1.29, 1.82) is 0 Å². The van der Waals surface area contributed by atoms with E-state index in [0.29, 0.717) is 18.4 Å². The Morgan fingerprint density at radius 2 is 1.85 bits per heavy atom. The van der Waals surface area contributed by atoms with Gasteiger partial charge < -0.3 is 9.84 Å². The second kappa shape index (κ2) is 10.2. The van der Waals surface area contributed by atoms with Crippen LogP contribution in [0.5, 0.6) is 5.75 Å². The van der Waals surface area contributed by atoms with Crippen molar-refractivity contribution in [2.24, 2.45) is 5.92 Å². The van der Waals surface area contributed by atoms with Crippen LogP contribution in [0.4, 0.5) is 4.39 Å². The van der Waals surface area contributed by atoms with E-state index < -0.39 is 0 Å². The van der Waals surface area contributed by atoms with Gasteiger partial charge in [0.1, 0.15) is 18.2 Å². The van der Waals surface area contributed by atoms with Gasteiger partial charge in [0, 0.05) is 45.4 Å². The van der Waals surface area contributed by atoms with Gasteiger partial charge in [0.05, 0.1) is 0 Å². The molecule has 0 aromatic heterocycles. The van der Waals surface area contributed by atoms with E-state index in [0.717, 1.165) is 38.5 Å². The van der Waals surface area contributed by atoms with E-state index in [1.165, 1.54) is 50.8 Å². The van der Waals surface area contributed by atoms with Gasteiger partial charge in [0.2, 0.25) is 0 Å². The van der Waals surface area contributed by atoms with E-state index in [1.807, 2.05) is 0 Å². The molecule has 2 fully saturated rings. The summed E-state index contributed by atoms with van der Waals surface area (Å²) < 4.78 is 18.7. The molecule has 0 spiro atoms. The minimum Gasteiger partial charge on any atom is -0.492 e. The zero-order chi connectivity index (χ0) is 18.2. The summed E-state index contributed by atoms with van der Waals surface area (Å²) in [4.78, 5) is 5.05. The van der Waals surface area contributed by atoms with Crippen molar-refractivity contribution >= 4 is 0 Å². The molecule has 26 heavy (non-hydrogen) atoms. The molecule has 0 radical (unpaired) electrons. The van der Waals surface area contributed by atoms with E-state index in [9.17, 15) is 9.50 Å². The van der Waals surface area contributed by atoms with Crippen molar-refractivity contribution in [2.45, 2.75) is 44.6 Å². The molecule has 5 heteroatoms. The van der Waals surface area contributed by atoms with Crippen LogP contribution in [0.2, 0.25) is 0 Å². The predicted octanol–water partition coefficient (Wildman–Crippen LogP) is 3.15. The lowest BCUT2D eigenvalue weighted by Gasteiger charge is -2.43. The highest BCUT2D eigenvalue weighted by Crippen LogP contribution is 2.26. The summed E-state index contributed by atoms with van der Waals surface area (Å²) >= 11 is 0. The third-order valence-corrected chi connectivity index (χ3v) is 5.86. The second-order valence-electron chi connectivity index (χ2n) is 7.77. The minimum absolute atomic E-state index is 0.238. The molecule has 1 heterocycles. The Morgan fingerprint density at radius 3 is 2.58 bits per heavy atom. The zero-order valence-electron chi connectivity index (χ0n) is 15.8.